The molecule has 0 saturated heterocycles. The molecule has 0 unspecified atom stereocenters. The van der Waals surface area contributed by atoms with Crippen LogP contribution in [0.3, 0.4) is 0 Å². The van der Waals surface area contributed by atoms with E-state index in [0.29, 0.717) is 21.4 Å². The highest BCUT2D eigenvalue weighted by Crippen LogP contribution is 2.72. The quantitative estimate of drug-likeness (QED) is 0.513. The Balaban J connectivity index is 2.39. The highest BCUT2D eigenvalue weighted by atomic mass is 31.1. The van der Waals surface area contributed by atoms with Gasteiger partial charge in [-0.05, 0) is 34.4 Å². The molecule has 1 heterocycles. The smallest absolute Gasteiger partial charge is 0.0480 e. The first-order valence-corrected chi connectivity index (χ1v) is 7.55. The third kappa shape index (κ3) is 1.45. The molecule has 0 radical (unpaired) electrons. The number of hydrogen-bond donors (Lipinski definition) is 0. The van der Waals surface area contributed by atoms with E-state index < -0.39 is 0 Å². The van der Waals surface area contributed by atoms with Crippen molar-refractivity contribution in [2.75, 3.05) is 0 Å². The van der Waals surface area contributed by atoms with Crippen molar-refractivity contribution >= 4 is 13.5 Å². The maximum Gasteiger partial charge on any atom is 0.0480 e. The Hall–Kier alpha value is 0.170. The summed E-state index contributed by atoms with van der Waals surface area (Å²) in [6.45, 7) is 17.2. The van der Waals surface area contributed by atoms with Gasteiger partial charge in [0.1, 0.15) is 0 Å². The summed E-state index contributed by atoms with van der Waals surface area (Å²) in [6, 6.07) is 0. The standard InChI is InChI=1S/C15H27P/c1-12(2,3)11-15(16-11)13(4,5)9-8-10-14(15,6)7/h8-10H2,1-7H3. The molecule has 2 rings (SSSR count). The Morgan fingerprint density at radius 1 is 0.938 bits per heavy atom. The third-order valence-electron chi connectivity index (χ3n) is 4.85. The van der Waals surface area contributed by atoms with E-state index in [9.17, 15) is 0 Å². The van der Waals surface area contributed by atoms with Crippen LogP contribution in [-0.2, 0) is 0 Å². The molecule has 0 nitrogen and oxygen atoms in total. The van der Waals surface area contributed by atoms with Gasteiger partial charge in [0.15, 0.2) is 0 Å². The first kappa shape index (κ1) is 12.6. The van der Waals surface area contributed by atoms with Crippen molar-refractivity contribution in [3.63, 3.8) is 0 Å². The summed E-state index contributed by atoms with van der Waals surface area (Å²) < 4.78 is 0. The summed E-state index contributed by atoms with van der Waals surface area (Å²) in [5.74, 6) is 0. The average molecular weight is 238 g/mol. The number of rotatable bonds is 0. The van der Waals surface area contributed by atoms with E-state index in [-0.39, 0.29) is 0 Å². The van der Waals surface area contributed by atoms with Crippen LogP contribution in [-0.4, -0.2) is 10.4 Å². The molecular weight excluding hydrogens is 211 g/mol. The van der Waals surface area contributed by atoms with Crippen LogP contribution in [0.25, 0.3) is 0 Å². The van der Waals surface area contributed by atoms with Crippen molar-refractivity contribution in [3.05, 3.63) is 0 Å². The zero-order valence-corrected chi connectivity index (χ0v) is 13.0. The lowest BCUT2D eigenvalue weighted by Crippen LogP contribution is -2.53. The topological polar surface area (TPSA) is 0 Å². The molecule has 16 heavy (non-hydrogen) atoms. The van der Waals surface area contributed by atoms with E-state index in [4.69, 9.17) is 0 Å². The fraction of sp³-hybridized carbons (Fsp3) is 0.933. The fourth-order valence-electron chi connectivity index (χ4n) is 4.04. The van der Waals surface area contributed by atoms with E-state index in [1.807, 2.05) is 5.29 Å². The molecule has 0 atom stereocenters. The lowest BCUT2D eigenvalue weighted by Gasteiger charge is -2.52. The van der Waals surface area contributed by atoms with Gasteiger partial charge in [0.2, 0.25) is 0 Å². The molecule has 1 saturated carbocycles. The van der Waals surface area contributed by atoms with Crippen LogP contribution in [0.4, 0.5) is 0 Å². The minimum Gasteiger partial charge on any atom is -0.0906 e. The molecule has 0 aromatic carbocycles. The predicted molar refractivity (Wildman–Crippen MR) is 75.5 cm³/mol. The van der Waals surface area contributed by atoms with Gasteiger partial charge in [0.05, 0.1) is 0 Å². The summed E-state index contributed by atoms with van der Waals surface area (Å²) in [5, 5.41) is 2.32. The minimum absolute atomic E-state index is 0.396. The monoisotopic (exact) mass is 238 g/mol. The van der Waals surface area contributed by atoms with E-state index in [2.05, 4.69) is 48.5 Å². The van der Waals surface area contributed by atoms with Crippen molar-refractivity contribution in [2.45, 2.75) is 72.9 Å². The van der Waals surface area contributed by atoms with Crippen LogP contribution < -0.4 is 0 Å². The largest absolute Gasteiger partial charge is 0.0906 e. The van der Waals surface area contributed by atoms with E-state index in [0.717, 1.165) is 0 Å². The molecular formula is C15H27P. The molecule has 1 aliphatic carbocycles. The first-order valence-electron chi connectivity index (χ1n) is 6.65. The molecule has 0 N–H and O–H groups in total. The highest BCUT2D eigenvalue weighted by Gasteiger charge is 2.67. The molecule has 1 spiro atoms. The van der Waals surface area contributed by atoms with Crippen LogP contribution in [0.2, 0.25) is 0 Å². The number of hydrogen-bond acceptors (Lipinski definition) is 0. The second-order valence-corrected chi connectivity index (χ2v) is 9.38. The van der Waals surface area contributed by atoms with Crippen molar-refractivity contribution in [2.24, 2.45) is 16.2 Å². The van der Waals surface area contributed by atoms with Crippen molar-refractivity contribution in [3.8, 4) is 0 Å². The Kier molecular flexibility index (Phi) is 2.47. The first-order chi connectivity index (χ1) is 7.05. The zero-order chi connectivity index (χ0) is 12.4. The Labute approximate surface area is 103 Å². The molecule has 1 aliphatic heterocycles. The normalized spacial score (nSPS) is 31.1. The van der Waals surface area contributed by atoms with Crippen molar-refractivity contribution < 1.29 is 0 Å². The highest BCUT2D eigenvalue weighted by molar-refractivity contribution is 7.56. The average Bonchev–Trinajstić information content (AvgIpc) is 2.74. The van der Waals surface area contributed by atoms with Crippen LogP contribution in [0.15, 0.2) is 0 Å². The third-order valence-corrected chi connectivity index (χ3v) is 7.62. The van der Waals surface area contributed by atoms with Gasteiger partial charge in [-0.15, -0.1) is 0 Å². The fourth-order valence-corrected chi connectivity index (χ4v) is 6.43. The molecule has 1 fully saturated rings. The van der Waals surface area contributed by atoms with Gasteiger partial charge in [-0.2, -0.15) is 0 Å². The molecule has 2 aliphatic rings. The Morgan fingerprint density at radius 3 is 1.69 bits per heavy atom. The van der Waals surface area contributed by atoms with Crippen molar-refractivity contribution in [1.82, 2.24) is 0 Å². The Morgan fingerprint density at radius 2 is 1.38 bits per heavy atom. The van der Waals surface area contributed by atoms with E-state index in [1.54, 1.807) is 8.20 Å². The molecule has 92 valence electrons. The van der Waals surface area contributed by atoms with E-state index >= 15 is 0 Å². The zero-order valence-electron chi connectivity index (χ0n) is 12.1. The van der Waals surface area contributed by atoms with Crippen LogP contribution in [0.1, 0.15) is 67.7 Å². The summed E-state index contributed by atoms with van der Waals surface area (Å²) >= 11 is 0. The Bertz CT molecular complexity index is 323. The lowest BCUT2D eigenvalue weighted by molar-refractivity contribution is 0.0958. The second-order valence-electron chi connectivity index (χ2n) is 8.04. The summed E-state index contributed by atoms with van der Waals surface area (Å²) in [6.07, 6.45) is 4.22. The molecule has 0 bridgehead atoms. The van der Waals surface area contributed by atoms with Gasteiger partial charge in [0, 0.05) is 5.16 Å². The van der Waals surface area contributed by atoms with Gasteiger partial charge in [-0.1, -0.05) is 63.1 Å². The summed E-state index contributed by atoms with van der Waals surface area (Å²) in [7, 11) is 1.66. The van der Waals surface area contributed by atoms with Crippen LogP contribution >= 0.6 is 8.20 Å². The van der Waals surface area contributed by atoms with Gasteiger partial charge >= 0.3 is 0 Å². The van der Waals surface area contributed by atoms with Crippen LogP contribution in [0, 0.1) is 16.2 Å². The molecule has 0 aromatic heterocycles. The molecule has 0 aromatic rings. The SMILES string of the molecule is CC(C)(C)C1=PC12C(C)(C)CCCC2(C)C. The minimum atomic E-state index is 0.396. The van der Waals surface area contributed by atoms with Gasteiger partial charge in [-0.25, -0.2) is 0 Å². The van der Waals surface area contributed by atoms with Crippen molar-refractivity contribution in [1.29, 1.82) is 0 Å². The van der Waals surface area contributed by atoms with Gasteiger partial charge in [0.25, 0.3) is 0 Å². The maximum absolute atomic E-state index is 2.50. The van der Waals surface area contributed by atoms with Crippen LogP contribution in [0.5, 0.6) is 0 Å². The van der Waals surface area contributed by atoms with E-state index in [1.165, 1.54) is 19.3 Å². The van der Waals surface area contributed by atoms with Gasteiger partial charge in [-0.3, -0.25) is 0 Å². The predicted octanol–water partition coefficient (Wildman–Crippen LogP) is 5.14. The molecule has 0 amide bonds. The summed E-state index contributed by atoms with van der Waals surface area (Å²) in [4.78, 5) is 0. The molecule has 1 heteroatoms. The second kappa shape index (κ2) is 3.14. The summed E-state index contributed by atoms with van der Waals surface area (Å²) in [5.41, 5.74) is 1.39. The van der Waals surface area contributed by atoms with Gasteiger partial charge < -0.3 is 0 Å². The maximum atomic E-state index is 2.50. The lowest BCUT2D eigenvalue weighted by atomic mass is 9.54.